The summed E-state index contributed by atoms with van der Waals surface area (Å²) >= 11 is 0. The average molecular weight is 289 g/mol. The first-order valence-electron chi connectivity index (χ1n) is 6.71. The normalized spacial score (nSPS) is 12.1. The van der Waals surface area contributed by atoms with Gasteiger partial charge in [0.05, 0.1) is 12.8 Å². The van der Waals surface area contributed by atoms with Gasteiger partial charge >= 0.3 is 0 Å². The Hall–Kier alpha value is -2.11. The van der Waals surface area contributed by atoms with Crippen LogP contribution < -0.4 is 10.2 Å². The van der Waals surface area contributed by atoms with E-state index in [1.165, 1.54) is 6.07 Å². The number of pyridine rings is 1. The monoisotopic (exact) mass is 289 g/mol. The third kappa shape index (κ3) is 3.71. The molecular formula is C16H19NO4. The van der Waals surface area contributed by atoms with Crippen LogP contribution in [0.3, 0.4) is 0 Å². The molecule has 1 unspecified atom stereocenters. The molecule has 0 amide bonds. The van der Waals surface area contributed by atoms with Crippen molar-refractivity contribution in [3.8, 4) is 5.75 Å². The predicted molar refractivity (Wildman–Crippen MR) is 79.1 cm³/mol. The summed E-state index contributed by atoms with van der Waals surface area (Å²) in [5.41, 5.74) is 1.21. The fourth-order valence-electron chi connectivity index (χ4n) is 1.99. The van der Waals surface area contributed by atoms with E-state index in [0.717, 1.165) is 5.56 Å². The molecule has 5 heteroatoms. The predicted octanol–water partition coefficient (Wildman–Crippen LogP) is 2.08. The number of aromatic nitrogens is 1. The molecule has 0 fully saturated rings. The molecule has 0 spiro atoms. The molecule has 1 N–H and O–H groups in total. The Balaban J connectivity index is 2.25. The Morgan fingerprint density at radius 2 is 2.00 bits per heavy atom. The summed E-state index contributed by atoms with van der Waals surface area (Å²) in [5, 5.41) is 9.33. The second-order valence-electron chi connectivity index (χ2n) is 4.67. The van der Waals surface area contributed by atoms with Crippen molar-refractivity contribution in [1.29, 1.82) is 0 Å². The van der Waals surface area contributed by atoms with Crippen LogP contribution in [0.2, 0.25) is 0 Å². The van der Waals surface area contributed by atoms with Crippen LogP contribution in [0.15, 0.2) is 47.4 Å². The molecule has 1 heterocycles. The highest BCUT2D eigenvalue weighted by Crippen LogP contribution is 2.15. The maximum Gasteiger partial charge on any atom is 0.223 e. The van der Waals surface area contributed by atoms with Gasteiger partial charge in [-0.05, 0) is 12.5 Å². The van der Waals surface area contributed by atoms with Crippen molar-refractivity contribution >= 4 is 0 Å². The van der Waals surface area contributed by atoms with Crippen LogP contribution in [-0.4, -0.2) is 16.8 Å². The van der Waals surface area contributed by atoms with Crippen molar-refractivity contribution in [2.24, 2.45) is 0 Å². The summed E-state index contributed by atoms with van der Waals surface area (Å²) < 4.78 is 12.5. The van der Waals surface area contributed by atoms with E-state index in [2.05, 4.69) is 0 Å². The van der Waals surface area contributed by atoms with E-state index >= 15 is 0 Å². The average Bonchev–Trinajstić information content (AvgIpc) is 2.53. The van der Waals surface area contributed by atoms with Gasteiger partial charge in [-0.1, -0.05) is 30.3 Å². The number of nitrogens with zero attached hydrogens (tertiary/aromatic N) is 1. The Bertz CT molecular complexity index is 636. The summed E-state index contributed by atoms with van der Waals surface area (Å²) in [5.74, 6) is 0.236. The first-order chi connectivity index (χ1) is 10.2. The highest BCUT2D eigenvalue weighted by atomic mass is 16.5. The molecule has 2 aromatic rings. The Morgan fingerprint density at radius 1 is 1.29 bits per heavy atom. The van der Waals surface area contributed by atoms with Gasteiger partial charge in [0.1, 0.15) is 12.8 Å². The maximum absolute atomic E-state index is 12.0. The summed E-state index contributed by atoms with van der Waals surface area (Å²) in [6, 6.07) is 11.0. The summed E-state index contributed by atoms with van der Waals surface area (Å²) in [4.78, 5) is 12.0. The molecule has 0 radical (unpaired) electrons. The van der Waals surface area contributed by atoms with E-state index in [1.807, 2.05) is 37.3 Å². The molecule has 21 heavy (non-hydrogen) atoms. The van der Waals surface area contributed by atoms with Gasteiger partial charge in [0, 0.05) is 18.9 Å². The lowest BCUT2D eigenvalue weighted by atomic mass is 10.2. The number of aliphatic hydroxyl groups excluding tert-OH is 1. The van der Waals surface area contributed by atoms with Crippen molar-refractivity contribution in [3.05, 3.63) is 64.1 Å². The molecule has 0 aliphatic rings. The zero-order chi connectivity index (χ0) is 15.2. The lowest BCUT2D eigenvalue weighted by molar-refractivity contribution is 0.0535. The van der Waals surface area contributed by atoms with Crippen molar-refractivity contribution in [1.82, 2.24) is 4.57 Å². The van der Waals surface area contributed by atoms with E-state index in [-0.39, 0.29) is 24.0 Å². The highest BCUT2D eigenvalue weighted by molar-refractivity contribution is 5.23. The quantitative estimate of drug-likeness (QED) is 0.884. The fourth-order valence-corrected chi connectivity index (χ4v) is 1.99. The van der Waals surface area contributed by atoms with Gasteiger partial charge in [-0.3, -0.25) is 4.79 Å². The lowest BCUT2D eigenvalue weighted by Gasteiger charge is -2.19. The van der Waals surface area contributed by atoms with E-state index in [0.29, 0.717) is 12.3 Å². The van der Waals surface area contributed by atoms with Crippen molar-refractivity contribution in [2.75, 3.05) is 7.11 Å². The first kappa shape index (κ1) is 15.3. The van der Waals surface area contributed by atoms with Crippen LogP contribution in [0.4, 0.5) is 0 Å². The molecule has 1 atom stereocenters. The van der Waals surface area contributed by atoms with Crippen molar-refractivity contribution in [3.63, 3.8) is 0 Å². The Morgan fingerprint density at radius 3 is 2.62 bits per heavy atom. The van der Waals surface area contributed by atoms with Crippen LogP contribution in [0.1, 0.15) is 24.4 Å². The van der Waals surface area contributed by atoms with Gasteiger partial charge in [0.2, 0.25) is 5.43 Å². The van der Waals surface area contributed by atoms with Gasteiger partial charge < -0.3 is 19.1 Å². The second-order valence-corrected chi connectivity index (χ2v) is 4.67. The molecule has 112 valence electrons. The van der Waals surface area contributed by atoms with Gasteiger partial charge in [-0.2, -0.15) is 0 Å². The number of hydrogen-bond donors (Lipinski definition) is 1. The lowest BCUT2D eigenvalue weighted by Crippen LogP contribution is -2.18. The zero-order valence-electron chi connectivity index (χ0n) is 12.2. The third-order valence-corrected chi connectivity index (χ3v) is 3.26. The standard InChI is InChI=1S/C16H19NO4/c1-12(20-2)17-9-16(15(19)8-14(17)10-18)21-11-13-6-4-3-5-7-13/h3-9,12,18H,10-11H2,1-2H3. The number of methoxy groups -OCH3 is 1. The van der Waals surface area contributed by atoms with Crippen LogP contribution in [0, 0.1) is 0 Å². The summed E-state index contributed by atoms with van der Waals surface area (Å²) in [7, 11) is 1.56. The zero-order valence-corrected chi connectivity index (χ0v) is 12.2. The summed E-state index contributed by atoms with van der Waals surface area (Å²) in [6.07, 6.45) is 1.28. The molecule has 1 aromatic carbocycles. The minimum atomic E-state index is -0.299. The largest absolute Gasteiger partial charge is 0.483 e. The van der Waals surface area contributed by atoms with E-state index in [9.17, 15) is 9.90 Å². The van der Waals surface area contributed by atoms with Gasteiger partial charge in [-0.25, -0.2) is 0 Å². The molecule has 5 nitrogen and oxygen atoms in total. The molecule has 0 saturated carbocycles. The van der Waals surface area contributed by atoms with Gasteiger partial charge in [0.15, 0.2) is 5.75 Å². The minimum Gasteiger partial charge on any atom is -0.483 e. The van der Waals surface area contributed by atoms with E-state index in [1.54, 1.807) is 17.9 Å². The number of aliphatic hydroxyl groups is 1. The molecule has 0 bridgehead atoms. The second kappa shape index (κ2) is 7.06. The number of hydrogen-bond acceptors (Lipinski definition) is 4. The maximum atomic E-state index is 12.0. The van der Waals surface area contributed by atoms with Crippen molar-refractivity contribution in [2.45, 2.75) is 26.4 Å². The van der Waals surface area contributed by atoms with Gasteiger partial charge in [-0.15, -0.1) is 0 Å². The summed E-state index contributed by atoms with van der Waals surface area (Å²) in [6.45, 7) is 1.91. The Kier molecular flexibility index (Phi) is 5.14. The fraction of sp³-hybridized carbons (Fsp3) is 0.312. The molecule has 2 rings (SSSR count). The number of ether oxygens (including phenoxy) is 2. The topological polar surface area (TPSA) is 60.7 Å². The SMILES string of the molecule is COC(C)n1cc(OCc2ccccc2)c(=O)cc1CO. The number of rotatable bonds is 6. The molecule has 0 aliphatic heterocycles. The molecule has 0 aliphatic carbocycles. The van der Waals surface area contributed by atoms with Gasteiger partial charge in [0.25, 0.3) is 0 Å². The van der Waals surface area contributed by atoms with Crippen LogP contribution in [0.5, 0.6) is 5.75 Å². The first-order valence-corrected chi connectivity index (χ1v) is 6.71. The minimum absolute atomic E-state index is 0.234. The molecule has 1 aromatic heterocycles. The number of benzene rings is 1. The molecule has 0 saturated heterocycles. The third-order valence-electron chi connectivity index (χ3n) is 3.26. The van der Waals surface area contributed by atoms with E-state index in [4.69, 9.17) is 9.47 Å². The molecular weight excluding hydrogens is 270 g/mol. The van der Waals surface area contributed by atoms with E-state index < -0.39 is 0 Å². The van der Waals surface area contributed by atoms with Crippen LogP contribution in [-0.2, 0) is 18.0 Å². The highest BCUT2D eigenvalue weighted by Gasteiger charge is 2.11. The smallest absolute Gasteiger partial charge is 0.223 e. The van der Waals surface area contributed by atoms with Crippen molar-refractivity contribution < 1.29 is 14.6 Å². The van der Waals surface area contributed by atoms with Crippen LogP contribution >= 0.6 is 0 Å². The Labute approximate surface area is 123 Å². The van der Waals surface area contributed by atoms with Crippen LogP contribution in [0.25, 0.3) is 0 Å².